The molecule has 6 rings (SSSR count). The molecule has 0 fully saturated rings. The summed E-state index contributed by atoms with van der Waals surface area (Å²) in [5.41, 5.74) is 7.09. The van der Waals surface area contributed by atoms with Crippen molar-refractivity contribution in [1.82, 2.24) is 40.1 Å². The summed E-state index contributed by atoms with van der Waals surface area (Å²) in [5, 5.41) is 21.7. The molecule has 0 aromatic carbocycles. The topological polar surface area (TPSA) is 141 Å². The van der Waals surface area contributed by atoms with Crippen molar-refractivity contribution in [3.8, 4) is 34.0 Å². The third kappa shape index (κ3) is 3.93. The normalized spacial score (nSPS) is 12.4. The van der Waals surface area contributed by atoms with Crippen LogP contribution in [0.15, 0.2) is 67.5 Å². The zero-order valence-electron chi connectivity index (χ0n) is 19.6. The second-order valence-corrected chi connectivity index (χ2v) is 8.86. The van der Waals surface area contributed by atoms with Gasteiger partial charge in [0, 0.05) is 41.3 Å². The van der Waals surface area contributed by atoms with E-state index in [1.54, 1.807) is 37.2 Å². The Morgan fingerprint density at radius 3 is 2.56 bits per heavy atom. The van der Waals surface area contributed by atoms with Gasteiger partial charge in [-0.1, -0.05) is 13.8 Å². The van der Waals surface area contributed by atoms with E-state index in [0.717, 1.165) is 50.1 Å². The molecule has 10 heteroatoms. The van der Waals surface area contributed by atoms with Crippen LogP contribution in [0.4, 0.5) is 5.69 Å². The molecule has 36 heavy (non-hydrogen) atoms. The van der Waals surface area contributed by atoms with Gasteiger partial charge in [-0.05, 0) is 36.2 Å². The molecule has 0 spiro atoms. The van der Waals surface area contributed by atoms with Gasteiger partial charge in [0.25, 0.3) is 0 Å². The van der Waals surface area contributed by atoms with Crippen molar-refractivity contribution in [2.24, 2.45) is 5.92 Å². The number of aromatic amines is 2. The van der Waals surface area contributed by atoms with Gasteiger partial charge >= 0.3 is 0 Å². The average Bonchev–Trinajstić information content (AvgIpc) is 3.53. The first-order valence-corrected chi connectivity index (χ1v) is 11.6. The van der Waals surface area contributed by atoms with Crippen molar-refractivity contribution < 1.29 is 5.11 Å². The van der Waals surface area contributed by atoms with Gasteiger partial charge in [-0.3, -0.25) is 25.0 Å². The van der Waals surface area contributed by atoms with Gasteiger partial charge in [-0.15, -0.1) is 0 Å². The summed E-state index contributed by atoms with van der Waals surface area (Å²) < 4.78 is 0. The van der Waals surface area contributed by atoms with Gasteiger partial charge in [0.2, 0.25) is 0 Å². The summed E-state index contributed by atoms with van der Waals surface area (Å²) in [6.45, 7) is 3.89. The van der Waals surface area contributed by atoms with Crippen molar-refractivity contribution in [2.45, 2.75) is 20.1 Å². The maximum absolute atomic E-state index is 10.2. The number of fused-ring (bicyclic) bond motifs is 2. The van der Waals surface area contributed by atoms with Crippen molar-refractivity contribution in [3.63, 3.8) is 0 Å². The molecule has 6 aromatic heterocycles. The lowest BCUT2D eigenvalue weighted by Crippen LogP contribution is -2.24. The zero-order chi connectivity index (χ0) is 24.6. The fraction of sp³-hybridized carbons (Fsp3) is 0.154. The molecule has 0 saturated heterocycles. The molecule has 0 bridgehead atoms. The van der Waals surface area contributed by atoms with Crippen LogP contribution in [0, 0.1) is 5.92 Å². The number of aromatic nitrogens is 8. The maximum Gasteiger partial charge on any atom is 0.159 e. The van der Waals surface area contributed by atoms with E-state index in [1.807, 2.05) is 44.2 Å². The van der Waals surface area contributed by atoms with Crippen molar-refractivity contribution in [3.05, 3.63) is 67.5 Å². The molecule has 178 valence electrons. The van der Waals surface area contributed by atoms with E-state index in [1.165, 1.54) is 0 Å². The van der Waals surface area contributed by atoms with Crippen LogP contribution in [0.5, 0.6) is 0 Å². The molecule has 0 aliphatic heterocycles. The Hall–Kier alpha value is -4.70. The molecule has 6 heterocycles. The number of imidazole rings is 1. The number of H-pyrrole nitrogens is 2. The Morgan fingerprint density at radius 1 is 0.861 bits per heavy atom. The number of nitrogens with zero attached hydrogens (tertiary/aromatic N) is 6. The number of aliphatic hydroxyl groups excluding tert-OH is 1. The van der Waals surface area contributed by atoms with Crippen LogP contribution >= 0.6 is 0 Å². The van der Waals surface area contributed by atoms with Crippen LogP contribution in [-0.2, 0) is 0 Å². The van der Waals surface area contributed by atoms with Gasteiger partial charge in [-0.2, -0.15) is 5.10 Å². The van der Waals surface area contributed by atoms with Crippen LogP contribution in [0.1, 0.15) is 13.8 Å². The minimum absolute atomic E-state index is 0.0645. The third-order valence-electron chi connectivity index (χ3n) is 6.01. The Kier molecular flexibility index (Phi) is 5.34. The molecule has 0 amide bonds. The Labute approximate surface area is 205 Å². The average molecular weight is 478 g/mol. The highest BCUT2D eigenvalue weighted by Gasteiger charge is 2.17. The molecule has 1 unspecified atom stereocenters. The zero-order valence-corrected chi connectivity index (χ0v) is 19.6. The number of anilines is 1. The van der Waals surface area contributed by atoms with Crippen molar-refractivity contribution in [1.29, 1.82) is 0 Å². The number of aliphatic hydroxyl groups is 1. The van der Waals surface area contributed by atoms with E-state index in [2.05, 4.69) is 40.4 Å². The van der Waals surface area contributed by atoms with Gasteiger partial charge in [0.05, 0.1) is 40.5 Å². The molecule has 0 aliphatic carbocycles. The summed E-state index contributed by atoms with van der Waals surface area (Å²) >= 11 is 0. The minimum atomic E-state index is -0.669. The van der Waals surface area contributed by atoms with E-state index in [4.69, 9.17) is 4.98 Å². The predicted octanol–water partition coefficient (Wildman–Crippen LogP) is 4.41. The summed E-state index contributed by atoms with van der Waals surface area (Å²) in [6, 6.07) is 9.60. The lowest BCUT2D eigenvalue weighted by Gasteiger charge is -2.17. The second-order valence-electron chi connectivity index (χ2n) is 8.86. The van der Waals surface area contributed by atoms with E-state index in [9.17, 15) is 5.11 Å². The van der Waals surface area contributed by atoms with Crippen LogP contribution < -0.4 is 5.32 Å². The van der Waals surface area contributed by atoms with Crippen LogP contribution in [0.2, 0.25) is 0 Å². The van der Waals surface area contributed by atoms with E-state index >= 15 is 0 Å². The quantitative estimate of drug-likeness (QED) is 0.259. The summed E-state index contributed by atoms with van der Waals surface area (Å²) in [7, 11) is 0. The van der Waals surface area contributed by atoms with Crippen LogP contribution in [0.3, 0.4) is 0 Å². The van der Waals surface area contributed by atoms with Gasteiger partial charge in [0.1, 0.15) is 17.4 Å². The number of hydrogen-bond acceptors (Lipinski definition) is 8. The van der Waals surface area contributed by atoms with Crippen molar-refractivity contribution in [2.75, 3.05) is 5.32 Å². The molecule has 0 saturated carbocycles. The Bertz CT molecular complexity index is 1670. The number of nitrogens with one attached hydrogen (secondary N) is 3. The Morgan fingerprint density at radius 2 is 1.72 bits per heavy atom. The minimum Gasteiger partial charge on any atom is -0.374 e. The molecule has 10 nitrogen and oxygen atoms in total. The predicted molar refractivity (Wildman–Crippen MR) is 138 cm³/mol. The summed E-state index contributed by atoms with van der Waals surface area (Å²) in [4.78, 5) is 25.8. The highest BCUT2D eigenvalue weighted by atomic mass is 16.3. The third-order valence-corrected chi connectivity index (χ3v) is 6.01. The molecular formula is C26H23N9O. The van der Waals surface area contributed by atoms with E-state index < -0.39 is 6.23 Å². The maximum atomic E-state index is 10.2. The first kappa shape index (κ1) is 21.8. The largest absolute Gasteiger partial charge is 0.374 e. The van der Waals surface area contributed by atoms with Crippen molar-refractivity contribution >= 4 is 27.6 Å². The summed E-state index contributed by atoms with van der Waals surface area (Å²) in [6.07, 6.45) is 9.74. The Balaban J connectivity index is 1.41. The highest BCUT2D eigenvalue weighted by molar-refractivity contribution is 5.96. The second kappa shape index (κ2) is 8.82. The number of hydrogen-bond donors (Lipinski definition) is 4. The number of pyridine rings is 4. The van der Waals surface area contributed by atoms with Gasteiger partial charge < -0.3 is 15.4 Å². The van der Waals surface area contributed by atoms with Gasteiger partial charge in [0.15, 0.2) is 5.82 Å². The smallest absolute Gasteiger partial charge is 0.159 e. The summed E-state index contributed by atoms with van der Waals surface area (Å²) in [5.74, 6) is 0.694. The molecule has 4 N–H and O–H groups in total. The fourth-order valence-electron chi connectivity index (χ4n) is 4.02. The standard InChI is InChI=1S/C26H23N9O/c1-14(2)26(36)31-17-9-16(11-28-12-17)20-10-18-21(13-30-20)34-35-23(18)25-32-19-5-8-29-22(24(19)33-25)15-3-6-27-7-4-15/h3-14,26,31,36H,1-2H3,(H,32,33)(H,34,35). The van der Waals surface area contributed by atoms with Gasteiger partial charge in [-0.25, -0.2) is 4.98 Å². The SMILES string of the molecule is CC(C)C(O)Nc1cncc(-c2cc3c(-c4nc5c(-c6ccncc6)nccc5[nH]4)n[nH]c3cn2)c1. The molecule has 6 aromatic rings. The lowest BCUT2D eigenvalue weighted by atomic mass is 10.1. The first-order chi connectivity index (χ1) is 17.6. The highest BCUT2D eigenvalue weighted by Crippen LogP contribution is 2.31. The lowest BCUT2D eigenvalue weighted by molar-refractivity contribution is 0.153. The number of rotatable bonds is 6. The van der Waals surface area contributed by atoms with Crippen LogP contribution in [0.25, 0.3) is 56.0 Å². The van der Waals surface area contributed by atoms with E-state index in [0.29, 0.717) is 11.5 Å². The molecular weight excluding hydrogens is 454 g/mol. The molecule has 0 radical (unpaired) electrons. The monoisotopic (exact) mass is 477 g/mol. The van der Waals surface area contributed by atoms with E-state index in [-0.39, 0.29) is 5.92 Å². The molecule has 0 aliphatic rings. The van der Waals surface area contributed by atoms with Crippen LogP contribution in [-0.4, -0.2) is 51.4 Å². The molecule has 1 atom stereocenters. The first-order valence-electron chi connectivity index (χ1n) is 11.6. The fourth-order valence-corrected chi connectivity index (χ4v) is 4.02.